The Labute approximate surface area is 137 Å². The lowest BCUT2D eigenvalue weighted by atomic mass is 10.1. The molecule has 134 valence electrons. The molecule has 0 aliphatic heterocycles. The summed E-state index contributed by atoms with van der Waals surface area (Å²) in [6, 6.07) is 0. The fourth-order valence-corrected chi connectivity index (χ4v) is 3.14. The lowest BCUT2D eigenvalue weighted by molar-refractivity contribution is 0.191. The molecule has 0 saturated heterocycles. The van der Waals surface area contributed by atoms with Gasteiger partial charge in [-0.15, -0.1) is 0 Å². The van der Waals surface area contributed by atoms with Gasteiger partial charge < -0.3 is 14.7 Å². The van der Waals surface area contributed by atoms with E-state index in [4.69, 9.17) is 14.7 Å². The minimum absolute atomic E-state index is 0.267. The molecular formula is C14H26O7P2. The molecule has 7 nitrogen and oxygen atoms in total. The first kappa shape index (κ1) is 22.5. The standard InChI is InChI=1S/C14H26O7P2/c1-13(2)9-8-11-14(3)10-6-4-5-7-12-20-23(18,19)21-22(15,16)17/h5,7,9-10H,4,6,8,11-12H2,1-3H3,(H,18,19)(H2,15,16,17)/b7-5-,14-10+. The van der Waals surface area contributed by atoms with E-state index in [0.717, 1.165) is 25.7 Å². The van der Waals surface area contributed by atoms with Crippen molar-refractivity contribution in [2.24, 2.45) is 0 Å². The number of unbranched alkanes of at least 4 members (excludes halogenated alkanes) is 1. The van der Waals surface area contributed by atoms with Gasteiger partial charge in [0.2, 0.25) is 0 Å². The van der Waals surface area contributed by atoms with E-state index >= 15 is 0 Å². The molecule has 0 heterocycles. The third-order valence-electron chi connectivity index (χ3n) is 2.63. The number of allylic oxidation sites excluding steroid dienone is 5. The van der Waals surface area contributed by atoms with E-state index in [-0.39, 0.29) is 6.61 Å². The summed E-state index contributed by atoms with van der Waals surface area (Å²) in [5.74, 6) is 0. The molecule has 0 amide bonds. The molecule has 0 aliphatic rings. The first-order chi connectivity index (χ1) is 10.5. The highest BCUT2D eigenvalue weighted by molar-refractivity contribution is 7.60. The molecule has 0 aromatic heterocycles. The fourth-order valence-electron chi connectivity index (χ4n) is 1.60. The van der Waals surface area contributed by atoms with Gasteiger partial charge in [-0.05, 0) is 46.5 Å². The quantitative estimate of drug-likeness (QED) is 0.284. The SMILES string of the molecule is CC(C)=CCC/C(C)=C/CC/C=C\COP(=O)(O)OP(=O)(O)O. The Kier molecular flexibility index (Phi) is 10.9. The Hall–Kier alpha value is -0.520. The molecule has 3 N–H and O–H groups in total. The number of rotatable bonds is 11. The zero-order valence-electron chi connectivity index (χ0n) is 13.7. The highest BCUT2D eigenvalue weighted by Crippen LogP contribution is 2.57. The molecule has 0 rings (SSSR count). The zero-order valence-corrected chi connectivity index (χ0v) is 15.5. The van der Waals surface area contributed by atoms with Crippen molar-refractivity contribution >= 4 is 15.6 Å². The molecule has 0 aromatic carbocycles. The van der Waals surface area contributed by atoms with E-state index in [2.05, 4.69) is 41.8 Å². The predicted molar refractivity (Wildman–Crippen MR) is 89.7 cm³/mol. The summed E-state index contributed by atoms with van der Waals surface area (Å²) < 4.78 is 29.6. The van der Waals surface area contributed by atoms with Crippen molar-refractivity contribution in [3.05, 3.63) is 35.5 Å². The van der Waals surface area contributed by atoms with E-state index in [1.807, 2.05) is 0 Å². The van der Waals surface area contributed by atoms with Crippen LogP contribution in [0.3, 0.4) is 0 Å². The van der Waals surface area contributed by atoms with Gasteiger partial charge in [-0.1, -0.05) is 35.5 Å². The van der Waals surface area contributed by atoms with Crippen LogP contribution in [-0.2, 0) is 18.0 Å². The van der Waals surface area contributed by atoms with Crippen LogP contribution in [0.4, 0.5) is 0 Å². The maximum absolute atomic E-state index is 11.1. The van der Waals surface area contributed by atoms with E-state index in [1.165, 1.54) is 17.2 Å². The van der Waals surface area contributed by atoms with Gasteiger partial charge in [0.1, 0.15) is 0 Å². The normalized spacial score (nSPS) is 15.7. The first-order valence-corrected chi connectivity index (χ1v) is 10.2. The van der Waals surface area contributed by atoms with Crippen molar-refractivity contribution in [1.82, 2.24) is 0 Å². The Morgan fingerprint density at radius 1 is 0.957 bits per heavy atom. The second-order valence-corrected chi connectivity index (χ2v) is 8.09. The number of phosphoric acid groups is 2. The van der Waals surface area contributed by atoms with Crippen molar-refractivity contribution in [3.63, 3.8) is 0 Å². The van der Waals surface area contributed by atoms with Gasteiger partial charge in [-0.25, -0.2) is 9.13 Å². The van der Waals surface area contributed by atoms with Crippen molar-refractivity contribution < 1.29 is 32.6 Å². The number of hydrogen-bond acceptors (Lipinski definition) is 4. The third kappa shape index (κ3) is 16.1. The second-order valence-electron chi connectivity index (χ2n) is 5.26. The minimum atomic E-state index is -5.05. The average Bonchev–Trinajstić information content (AvgIpc) is 2.34. The lowest BCUT2D eigenvalue weighted by Crippen LogP contribution is -1.93. The third-order valence-corrected chi connectivity index (χ3v) is 4.78. The minimum Gasteiger partial charge on any atom is -0.302 e. The van der Waals surface area contributed by atoms with Gasteiger partial charge >= 0.3 is 15.6 Å². The molecular weight excluding hydrogens is 342 g/mol. The van der Waals surface area contributed by atoms with Crippen LogP contribution in [0.1, 0.15) is 46.5 Å². The van der Waals surface area contributed by atoms with Crippen molar-refractivity contribution in [3.8, 4) is 0 Å². The van der Waals surface area contributed by atoms with Gasteiger partial charge in [-0.2, -0.15) is 4.31 Å². The van der Waals surface area contributed by atoms with Crippen LogP contribution in [0.2, 0.25) is 0 Å². The fraction of sp³-hybridized carbons (Fsp3) is 0.571. The van der Waals surface area contributed by atoms with Crippen molar-refractivity contribution in [2.75, 3.05) is 6.61 Å². The van der Waals surface area contributed by atoms with Gasteiger partial charge in [0.05, 0.1) is 6.61 Å². The van der Waals surface area contributed by atoms with Gasteiger partial charge in [0.15, 0.2) is 0 Å². The summed E-state index contributed by atoms with van der Waals surface area (Å²) in [7, 11) is -9.79. The molecule has 0 bridgehead atoms. The van der Waals surface area contributed by atoms with E-state index < -0.39 is 15.6 Å². The van der Waals surface area contributed by atoms with Crippen molar-refractivity contribution in [1.29, 1.82) is 0 Å². The number of hydrogen-bond donors (Lipinski definition) is 3. The highest BCUT2D eigenvalue weighted by atomic mass is 31.3. The smallest absolute Gasteiger partial charge is 0.302 e. The summed E-state index contributed by atoms with van der Waals surface area (Å²) >= 11 is 0. The van der Waals surface area contributed by atoms with Gasteiger partial charge in [0.25, 0.3) is 0 Å². The first-order valence-electron chi connectivity index (χ1n) is 7.20. The van der Waals surface area contributed by atoms with Crippen LogP contribution in [0.25, 0.3) is 0 Å². The Balaban J connectivity index is 3.93. The maximum atomic E-state index is 11.1. The summed E-state index contributed by atoms with van der Waals surface area (Å²) in [5, 5.41) is 0. The highest BCUT2D eigenvalue weighted by Gasteiger charge is 2.31. The van der Waals surface area contributed by atoms with E-state index in [9.17, 15) is 9.13 Å². The molecule has 0 fully saturated rings. The summed E-state index contributed by atoms with van der Waals surface area (Å²) in [6.45, 7) is 5.95. The Bertz CT molecular complexity index is 527. The summed E-state index contributed by atoms with van der Waals surface area (Å²) in [5.41, 5.74) is 2.62. The largest absolute Gasteiger partial charge is 0.481 e. The van der Waals surface area contributed by atoms with Crippen LogP contribution in [0.5, 0.6) is 0 Å². The van der Waals surface area contributed by atoms with Gasteiger partial charge in [0, 0.05) is 0 Å². The molecule has 0 saturated carbocycles. The summed E-state index contributed by atoms with van der Waals surface area (Å²) in [6.07, 6.45) is 11.2. The molecule has 0 radical (unpaired) electrons. The predicted octanol–water partition coefficient (Wildman–Crippen LogP) is 4.24. The Morgan fingerprint density at radius 2 is 1.61 bits per heavy atom. The van der Waals surface area contributed by atoms with E-state index in [0.29, 0.717) is 0 Å². The molecule has 9 heteroatoms. The van der Waals surface area contributed by atoms with Crippen LogP contribution >= 0.6 is 15.6 Å². The lowest BCUT2D eigenvalue weighted by Gasteiger charge is -2.10. The summed E-state index contributed by atoms with van der Waals surface area (Å²) in [4.78, 5) is 25.9. The number of phosphoric ester groups is 1. The molecule has 23 heavy (non-hydrogen) atoms. The Morgan fingerprint density at radius 3 is 2.17 bits per heavy atom. The average molecular weight is 368 g/mol. The van der Waals surface area contributed by atoms with Crippen LogP contribution in [0, 0.1) is 0 Å². The molecule has 0 aromatic rings. The van der Waals surface area contributed by atoms with Crippen LogP contribution in [-0.4, -0.2) is 21.3 Å². The molecule has 1 atom stereocenters. The second kappa shape index (κ2) is 11.1. The topological polar surface area (TPSA) is 113 Å². The molecule has 1 unspecified atom stereocenters. The van der Waals surface area contributed by atoms with Crippen LogP contribution in [0.15, 0.2) is 35.5 Å². The monoisotopic (exact) mass is 368 g/mol. The van der Waals surface area contributed by atoms with Crippen molar-refractivity contribution in [2.45, 2.75) is 46.5 Å². The zero-order chi connectivity index (χ0) is 17.9. The van der Waals surface area contributed by atoms with E-state index in [1.54, 1.807) is 6.08 Å². The molecule has 0 spiro atoms. The molecule has 0 aliphatic carbocycles. The van der Waals surface area contributed by atoms with Crippen LogP contribution < -0.4 is 0 Å². The maximum Gasteiger partial charge on any atom is 0.481 e. The van der Waals surface area contributed by atoms with Gasteiger partial charge in [-0.3, -0.25) is 4.52 Å².